The standard InChI is InChI=1S/C16H13ClN6O2/c17-12-8-19-15-10(6-9(22-15)3-5-18-16(24)25)14(12)11-7-21-23-13(11)2-1-4-20-23/h1-2,4,6-8,18H,3,5H2,(H,19,22)(H,24,25). The van der Waals surface area contributed by atoms with E-state index in [0.717, 1.165) is 27.7 Å². The molecule has 0 saturated heterocycles. The number of H-pyrrole nitrogens is 1. The van der Waals surface area contributed by atoms with Crippen molar-refractivity contribution in [3.8, 4) is 11.1 Å². The molecule has 3 N–H and O–H groups in total. The minimum absolute atomic E-state index is 0.311. The van der Waals surface area contributed by atoms with Crippen molar-refractivity contribution in [3.63, 3.8) is 0 Å². The summed E-state index contributed by atoms with van der Waals surface area (Å²) < 4.78 is 1.54. The molecule has 4 heterocycles. The monoisotopic (exact) mass is 356 g/mol. The highest BCUT2D eigenvalue weighted by molar-refractivity contribution is 6.35. The number of aromatic nitrogens is 5. The number of nitrogens with zero attached hydrogens (tertiary/aromatic N) is 4. The van der Waals surface area contributed by atoms with Crippen molar-refractivity contribution in [3.05, 3.63) is 47.5 Å². The van der Waals surface area contributed by atoms with E-state index < -0.39 is 6.09 Å². The van der Waals surface area contributed by atoms with Crippen LogP contribution in [0.4, 0.5) is 4.79 Å². The predicted octanol–water partition coefficient (Wildman–Crippen LogP) is 2.74. The molecule has 8 nitrogen and oxygen atoms in total. The first kappa shape index (κ1) is 15.4. The maximum atomic E-state index is 10.6. The Bertz CT molecular complexity index is 1090. The van der Waals surface area contributed by atoms with Gasteiger partial charge in [-0.1, -0.05) is 11.6 Å². The fourth-order valence-corrected chi connectivity index (χ4v) is 3.10. The molecular weight excluding hydrogens is 344 g/mol. The molecule has 4 aromatic heterocycles. The molecule has 0 aliphatic rings. The van der Waals surface area contributed by atoms with E-state index in [2.05, 4.69) is 25.5 Å². The molecule has 0 aromatic carbocycles. The van der Waals surface area contributed by atoms with Gasteiger partial charge in [-0.15, -0.1) is 0 Å². The number of rotatable bonds is 4. The summed E-state index contributed by atoms with van der Waals surface area (Å²) in [5.41, 5.74) is 4.08. The van der Waals surface area contributed by atoms with Crippen molar-refractivity contribution < 1.29 is 9.90 Å². The lowest BCUT2D eigenvalue weighted by atomic mass is 10.1. The number of halogens is 1. The number of aromatic amines is 1. The number of fused-ring (bicyclic) bond motifs is 2. The first-order valence-corrected chi connectivity index (χ1v) is 7.93. The van der Waals surface area contributed by atoms with Crippen LogP contribution in [0.1, 0.15) is 5.69 Å². The zero-order chi connectivity index (χ0) is 17.4. The first-order chi connectivity index (χ1) is 12.1. The number of hydrogen-bond donors (Lipinski definition) is 3. The fraction of sp³-hybridized carbons (Fsp3) is 0.125. The molecule has 0 aliphatic carbocycles. The topological polar surface area (TPSA) is 108 Å². The van der Waals surface area contributed by atoms with Gasteiger partial charge in [0.05, 0.1) is 16.7 Å². The average Bonchev–Trinajstić information content (AvgIpc) is 3.18. The highest BCUT2D eigenvalue weighted by Crippen LogP contribution is 2.36. The SMILES string of the molecule is O=C(O)NCCc1cc2c(-c3cnn4ncccc34)c(Cl)cnc2[nH]1. The molecule has 0 spiro atoms. The van der Waals surface area contributed by atoms with E-state index in [1.165, 1.54) is 0 Å². The maximum Gasteiger partial charge on any atom is 0.404 e. The van der Waals surface area contributed by atoms with Crippen LogP contribution in [-0.2, 0) is 6.42 Å². The van der Waals surface area contributed by atoms with Crippen molar-refractivity contribution in [1.29, 1.82) is 0 Å². The lowest BCUT2D eigenvalue weighted by Crippen LogP contribution is -2.23. The summed E-state index contributed by atoms with van der Waals surface area (Å²) in [5, 5.41) is 20.8. The Morgan fingerprint density at radius 2 is 2.24 bits per heavy atom. The maximum absolute atomic E-state index is 10.6. The van der Waals surface area contributed by atoms with Gasteiger partial charge in [0.2, 0.25) is 0 Å². The van der Waals surface area contributed by atoms with E-state index >= 15 is 0 Å². The van der Waals surface area contributed by atoms with E-state index in [9.17, 15) is 4.79 Å². The summed E-state index contributed by atoms with van der Waals surface area (Å²) in [6.07, 6.45) is 4.46. The van der Waals surface area contributed by atoms with Gasteiger partial charge in [-0.3, -0.25) is 0 Å². The molecule has 25 heavy (non-hydrogen) atoms. The highest BCUT2D eigenvalue weighted by atomic mass is 35.5. The number of nitrogens with one attached hydrogen (secondary N) is 2. The predicted molar refractivity (Wildman–Crippen MR) is 92.8 cm³/mol. The normalized spacial score (nSPS) is 11.2. The second kappa shape index (κ2) is 6.06. The van der Waals surface area contributed by atoms with Crippen molar-refractivity contribution in [1.82, 2.24) is 30.1 Å². The number of carboxylic acid groups (broad SMARTS) is 1. The lowest BCUT2D eigenvalue weighted by molar-refractivity contribution is 0.194. The third-order valence-electron chi connectivity index (χ3n) is 3.91. The Morgan fingerprint density at radius 3 is 3.08 bits per heavy atom. The van der Waals surface area contributed by atoms with Gasteiger partial charge in [-0.25, -0.2) is 9.78 Å². The minimum Gasteiger partial charge on any atom is -0.465 e. The van der Waals surface area contributed by atoms with Gasteiger partial charge in [0.15, 0.2) is 0 Å². The number of hydrogen-bond acceptors (Lipinski definition) is 4. The molecule has 0 saturated carbocycles. The number of carbonyl (C=O) groups is 1. The van der Waals surface area contributed by atoms with Gasteiger partial charge in [0.1, 0.15) is 5.65 Å². The van der Waals surface area contributed by atoms with Gasteiger partial charge in [-0.2, -0.15) is 14.8 Å². The largest absolute Gasteiger partial charge is 0.465 e. The minimum atomic E-state index is -1.04. The van der Waals surface area contributed by atoms with Gasteiger partial charge in [0, 0.05) is 47.6 Å². The second-order valence-electron chi connectivity index (χ2n) is 5.48. The molecule has 0 fully saturated rings. The van der Waals surface area contributed by atoms with E-state index in [4.69, 9.17) is 16.7 Å². The van der Waals surface area contributed by atoms with Crippen LogP contribution in [0.25, 0.3) is 27.7 Å². The molecule has 126 valence electrons. The van der Waals surface area contributed by atoms with E-state index in [1.807, 2.05) is 18.2 Å². The molecule has 0 bridgehead atoms. The Kier molecular flexibility index (Phi) is 3.73. The van der Waals surface area contributed by atoms with Crippen molar-refractivity contribution in [2.75, 3.05) is 6.54 Å². The highest BCUT2D eigenvalue weighted by Gasteiger charge is 2.16. The summed E-state index contributed by atoms with van der Waals surface area (Å²) in [7, 11) is 0. The number of pyridine rings is 1. The molecule has 0 aliphatic heterocycles. The summed E-state index contributed by atoms with van der Waals surface area (Å²) >= 11 is 6.43. The van der Waals surface area contributed by atoms with Gasteiger partial charge >= 0.3 is 6.09 Å². The van der Waals surface area contributed by atoms with Crippen LogP contribution in [0.5, 0.6) is 0 Å². The summed E-state index contributed by atoms with van der Waals surface area (Å²) in [5.74, 6) is 0. The third kappa shape index (κ3) is 2.76. The van der Waals surface area contributed by atoms with Crippen LogP contribution in [0.3, 0.4) is 0 Å². The Hall–Kier alpha value is -3.13. The molecule has 0 atom stereocenters. The van der Waals surface area contributed by atoms with Crippen molar-refractivity contribution in [2.24, 2.45) is 0 Å². The van der Waals surface area contributed by atoms with Crippen LogP contribution in [0.2, 0.25) is 5.02 Å². The molecule has 0 radical (unpaired) electrons. The van der Waals surface area contributed by atoms with Crippen LogP contribution in [-0.4, -0.2) is 42.5 Å². The summed E-state index contributed by atoms with van der Waals surface area (Å²) in [4.78, 5) is 18.1. The number of amides is 1. The van der Waals surface area contributed by atoms with E-state index in [-0.39, 0.29) is 0 Å². The van der Waals surface area contributed by atoms with Crippen molar-refractivity contribution in [2.45, 2.75) is 6.42 Å². The molecule has 9 heteroatoms. The zero-order valence-corrected chi connectivity index (χ0v) is 13.7. The molecule has 0 unspecified atom stereocenters. The van der Waals surface area contributed by atoms with E-state index in [1.54, 1.807) is 23.2 Å². The smallest absolute Gasteiger partial charge is 0.404 e. The van der Waals surface area contributed by atoms with Crippen LogP contribution < -0.4 is 5.32 Å². The molecule has 4 aromatic rings. The van der Waals surface area contributed by atoms with Crippen molar-refractivity contribution >= 4 is 34.2 Å². The summed E-state index contributed by atoms with van der Waals surface area (Å²) in [6.45, 7) is 0.311. The fourth-order valence-electron chi connectivity index (χ4n) is 2.84. The lowest BCUT2D eigenvalue weighted by Gasteiger charge is -2.04. The first-order valence-electron chi connectivity index (χ1n) is 7.56. The molecular formula is C16H13ClN6O2. The van der Waals surface area contributed by atoms with Crippen LogP contribution >= 0.6 is 11.6 Å². The second-order valence-corrected chi connectivity index (χ2v) is 5.88. The Morgan fingerprint density at radius 1 is 1.36 bits per heavy atom. The van der Waals surface area contributed by atoms with Gasteiger partial charge < -0.3 is 15.4 Å². The van der Waals surface area contributed by atoms with Gasteiger partial charge in [0.25, 0.3) is 0 Å². The van der Waals surface area contributed by atoms with E-state index in [0.29, 0.717) is 23.6 Å². The Balaban J connectivity index is 1.81. The summed E-state index contributed by atoms with van der Waals surface area (Å²) in [6, 6.07) is 5.70. The van der Waals surface area contributed by atoms with Gasteiger partial charge in [-0.05, 0) is 18.2 Å². The third-order valence-corrected chi connectivity index (χ3v) is 4.20. The zero-order valence-electron chi connectivity index (χ0n) is 12.9. The average molecular weight is 357 g/mol. The van der Waals surface area contributed by atoms with Crippen LogP contribution in [0, 0.1) is 0 Å². The molecule has 1 amide bonds. The van der Waals surface area contributed by atoms with Crippen LogP contribution in [0.15, 0.2) is 36.8 Å². The quantitative estimate of drug-likeness (QED) is 0.521. The molecule has 4 rings (SSSR count). The Labute approximate surface area is 146 Å².